The molecule has 1 aliphatic carbocycles. The number of carboxylic acids is 1. The molecule has 0 aromatic carbocycles. The molecule has 0 atom stereocenters. The Morgan fingerprint density at radius 2 is 1.71 bits per heavy atom. The Labute approximate surface area is 247 Å². The number of piperidine rings is 1. The number of carbonyl (C=O) groups is 1. The normalized spacial score (nSPS) is 21.6. The van der Waals surface area contributed by atoms with Crippen LogP contribution in [0.15, 0.2) is 18.3 Å². The SMILES string of the molecule is CCc1c(C(=O)O)nc2c(c(C3CCC3)nn2-c2ccnc(C3CCOCC3)c2)c1N1CCC(N2CCOCC2)CC1. The molecular weight excluding hydrogens is 532 g/mol. The number of pyridine rings is 2. The van der Waals surface area contributed by atoms with E-state index in [1.165, 1.54) is 6.42 Å². The number of rotatable bonds is 7. The van der Waals surface area contributed by atoms with E-state index in [1.54, 1.807) is 0 Å². The van der Waals surface area contributed by atoms with Gasteiger partial charge in [0.1, 0.15) is 0 Å². The van der Waals surface area contributed by atoms with Crippen LogP contribution in [0.1, 0.15) is 91.1 Å². The third-order valence-electron chi connectivity index (χ3n) is 9.95. The monoisotopic (exact) mass is 574 g/mol. The number of carboxylic acid groups (broad SMARTS) is 1. The summed E-state index contributed by atoms with van der Waals surface area (Å²) < 4.78 is 13.1. The zero-order chi connectivity index (χ0) is 28.6. The summed E-state index contributed by atoms with van der Waals surface area (Å²) in [6.45, 7) is 8.95. The lowest BCUT2D eigenvalue weighted by Gasteiger charge is -2.41. The van der Waals surface area contributed by atoms with Gasteiger partial charge in [-0.25, -0.2) is 14.5 Å². The van der Waals surface area contributed by atoms with Gasteiger partial charge in [-0.05, 0) is 57.1 Å². The van der Waals surface area contributed by atoms with E-state index in [1.807, 2.05) is 16.9 Å². The Hall–Kier alpha value is -3.08. The predicted octanol–water partition coefficient (Wildman–Crippen LogP) is 4.54. The van der Waals surface area contributed by atoms with Crippen molar-refractivity contribution in [2.45, 2.75) is 76.2 Å². The molecule has 3 aliphatic heterocycles. The van der Waals surface area contributed by atoms with Crippen molar-refractivity contribution in [3.63, 3.8) is 0 Å². The molecule has 3 saturated heterocycles. The highest BCUT2D eigenvalue weighted by Crippen LogP contribution is 2.45. The molecule has 0 spiro atoms. The molecular formula is C32H42N6O4. The summed E-state index contributed by atoms with van der Waals surface area (Å²) in [4.78, 5) is 27.3. The van der Waals surface area contributed by atoms with E-state index in [9.17, 15) is 9.90 Å². The number of nitrogens with zero attached hydrogens (tertiary/aromatic N) is 6. The number of morpholine rings is 1. The quantitative estimate of drug-likeness (QED) is 0.435. The molecule has 6 heterocycles. The van der Waals surface area contributed by atoms with Gasteiger partial charge in [0.25, 0.3) is 0 Å². The second-order valence-electron chi connectivity index (χ2n) is 12.3. The van der Waals surface area contributed by atoms with Gasteiger partial charge in [-0.1, -0.05) is 13.3 Å². The number of aromatic carboxylic acids is 1. The molecule has 1 N–H and O–H groups in total. The highest BCUT2D eigenvalue weighted by molar-refractivity contribution is 6.01. The van der Waals surface area contributed by atoms with Gasteiger partial charge in [0.2, 0.25) is 0 Å². The molecule has 4 aliphatic rings. The molecule has 0 radical (unpaired) electrons. The topological polar surface area (TPSA) is 106 Å². The van der Waals surface area contributed by atoms with Crippen molar-refractivity contribution < 1.29 is 19.4 Å². The number of aromatic nitrogens is 4. The van der Waals surface area contributed by atoms with E-state index in [2.05, 4.69) is 22.8 Å². The maximum atomic E-state index is 12.7. The second-order valence-corrected chi connectivity index (χ2v) is 12.3. The molecule has 3 aromatic rings. The highest BCUT2D eigenvalue weighted by Gasteiger charge is 2.35. The number of hydrogen-bond acceptors (Lipinski definition) is 8. The maximum Gasteiger partial charge on any atom is 0.354 e. The first-order valence-electron chi connectivity index (χ1n) is 15.9. The lowest BCUT2D eigenvalue weighted by atomic mass is 9.81. The second kappa shape index (κ2) is 11.9. The number of fused-ring (bicyclic) bond motifs is 1. The average molecular weight is 575 g/mol. The van der Waals surface area contributed by atoms with Crippen LogP contribution in [0.4, 0.5) is 5.69 Å². The van der Waals surface area contributed by atoms with E-state index >= 15 is 0 Å². The van der Waals surface area contributed by atoms with Gasteiger partial charge in [-0.2, -0.15) is 5.10 Å². The molecule has 4 fully saturated rings. The standard InChI is InChI=1S/C32H42N6O4/c1-2-25-29(32(39)40)34-31-27(30(25)37-12-7-23(8-13-37)36-14-18-42-19-15-36)28(22-4-3-5-22)35-38(31)24-6-11-33-26(20-24)21-9-16-41-17-10-21/h6,11,20-23H,2-5,7-10,12-19H2,1H3,(H,39,40). The van der Waals surface area contributed by atoms with Gasteiger partial charge in [0.05, 0.1) is 35.7 Å². The molecule has 224 valence electrons. The molecule has 0 unspecified atom stereocenters. The lowest BCUT2D eigenvalue weighted by molar-refractivity contribution is 0.0115. The first-order valence-corrected chi connectivity index (χ1v) is 15.9. The van der Waals surface area contributed by atoms with Crippen molar-refractivity contribution in [2.75, 3.05) is 57.5 Å². The summed E-state index contributed by atoms with van der Waals surface area (Å²) in [6, 6.07) is 4.64. The Bertz CT molecular complexity index is 1430. The van der Waals surface area contributed by atoms with Gasteiger partial charge >= 0.3 is 5.97 Å². The van der Waals surface area contributed by atoms with Crippen LogP contribution in [0.5, 0.6) is 0 Å². The van der Waals surface area contributed by atoms with Gasteiger partial charge < -0.3 is 19.5 Å². The Morgan fingerprint density at radius 1 is 0.976 bits per heavy atom. The molecule has 10 heteroatoms. The number of ether oxygens (including phenoxy) is 2. The first-order chi connectivity index (χ1) is 20.6. The fourth-order valence-corrected chi connectivity index (χ4v) is 7.38. The zero-order valence-corrected chi connectivity index (χ0v) is 24.6. The van der Waals surface area contributed by atoms with E-state index in [0.717, 1.165) is 125 Å². The summed E-state index contributed by atoms with van der Waals surface area (Å²) >= 11 is 0. The molecule has 0 amide bonds. The predicted molar refractivity (Wildman–Crippen MR) is 160 cm³/mol. The minimum atomic E-state index is -0.978. The van der Waals surface area contributed by atoms with Crippen LogP contribution < -0.4 is 4.90 Å². The smallest absolute Gasteiger partial charge is 0.354 e. The Kier molecular flexibility index (Phi) is 7.85. The number of hydrogen-bond donors (Lipinski definition) is 1. The fourth-order valence-electron chi connectivity index (χ4n) is 7.38. The summed E-state index contributed by atoms with van der Waals surface area (Å²) in [6.07, 6.45) is 9.90. The van der Waals surface area contributed by atoms with Gasteiger partial charge in [-0.3, -0.25) is 9.88 Å². The fraction of sp³-hybridized carbons (Fsp3) is 0.625. The Balaban J connectivity index is 1.34. The van der Waals surface area contributed by atoms with Crippen LogP contribution in [-0.2, 0) is 15.9 Å². The van der Waals surface area contributed by atoms with E-state index in [-0.39, 0.29) is 5.69 Å². The van der Waals surface area contributed by atoms with Crippen molar-refractivity contribution in [1.82, 2.24) is 24.6 Å². The van der Waals surface area contributed by atoms with Crippen LogP contribution in [0.2, 0.25) is 0 Å². The number of anilines is 1. The van der Waals surface area contributed by atoms with Crippen LogP contribution in [0.3, 0.4) is 0 Å². The summed E-state index contributed by atoms with van der Waals surface area (Å²) in [5.41, 5.74) is 5.69. The summed E-state index contributed by atoms with van der Waals surface area (Å²) in [7, 11) is 0. The average Bonchev–Trinajstić information content (AvgIpc) is 3.39. The third kappa shape index (κ3) is 5.07. The van der Waals surface area contributed by atoms with E-state index in [4.69, 9.17) is 24.5 Å². The van der Waals surface area contributed by atoms with Crippen molar-refractivity contribution in [2.24, 2.45) is 0 Å². The molecule has 7 rings (SSSR count). The molecule has 3 aromatic heterocycles. The van der Waals surface area contributed by atoms with Gasteiger partial charge in [-0.15, -0.1) is 0 Å². The van der Waals surface area contributed by atoms with E-state index in [0.29, 0.717) is 29.9 Å². The molecule has 0 bridgehead atoms. The van der Waals surface area contributed by atoms with Crippen LogP contribution in [0, 0.1) is 0 Å². The van der Waals surface area contributed by atoms with Crippen LogP contribution in [-0.4, -0.2) is 94.4 Å². The first kappa shape index (κ1) is 27.7. The lowest BCUT2D eigenvalue weighted by Crippen LogP contribution is -2.49. The largest absolute Gasteiger partial charge is 0.476 e. The van der Waals surface area contributed by atoms with Crippen molar-refractivity contribution in [3.05, 3.63) is 41.0 Å². The highest BCUT2D eigenvalue weighted by atomic mass is 16.5. The minimum absolute atomic E-state index is 0.148. The van der Waals surface area contributed by atoms with Gasteiger partial charge in [0.15, 0.2) is 11.3 Å². The van der Waals surface area contributed by atoms with Crippen LogP contribution >= 0.6 is 0 Å². The molecule has 1 saturated carbocycles. The molecule has 10 nitrogen and oxygen atoms in total. The van der Waals surface area contributed by atoms with Gasteiger partial charge in [0, 0.05) is 74.7 Å². The zero-order valence-electron chi connectivity index (χ0n) is 24.6. The van der Waals surface area contributed by atoms with Crippen molar-refractivity contribution in [3.8, 4) is 5.69 Å². The Morgan fingerprint density at radius 3 is 2.38 bits per heavy atom. The third-order valence-corrected chi connectivity index (χ3v) is 9.95. The van der Waals surface area contributed by atoms with Crippen molar-refractivity contribution >= 4 is 22.7 Å². The summed E-state index contributed by atoms with van der Waals surface area (Å²) in [5, 5.41) is 16.7. The molecule has 42 heavy (non-hydrogen) atoms. The van der Waals surface area contributed by atoms with Crippen LogP contribution in [0.25, 0.3) is 16.7 Å². The minimum Gasteiger partial charge on any atom is -0.476 e. The maximum absolute atomic E-state index is 12.7. The van der Waals surface area contributed by atoms with Crippen molar-refractivity contribution in [1.29, 1.82) is 0 Å². The summed E-state index contributed by atoms with van der Waals surface area (Å²) in [5.74, 6) is -0.254. The van der Waals surface area contributed by atoms with E-state index < -0.39 is 5.97 Å².